The predicted octanol–water partition coefficient (Wildman–Crippen LogP) is 4.21. The minimum atomic E-state index is 0.162. The summed E-state index contributed by atoms with van der Waals surface area (Å²) in [6.07, 6.45) is 5.04. The van der Waals surface area contributed by atoms with Crippen molar-refractivity contribution in [1.82, 2.24) is 0 Å². The van der Waals surface area contributed by atoms with Crippen LogP contribution in [0.1, 0.15) is 66.7 Å². The lowest BCUT2D eigenvalue weighted by molar-refractivity contribution is -0.120. The fourth-order valence-electron chi connectivity index (χ4n) is 1.55. The second-order valence-corrected chi connectivity index (χ2v) is 5.92. The second kappa shape index (κ2) is 6.21. The van der Waals surface area contributed by atoms with E-state index in [4.69, 9.17) is 0 Å². The molecule has 0 aliphatic rings. The molecule has 0 unspecified atom stereocenters. The Morgan fingerprint density at radius 2 is 1.71 bits per heavy atom. The Kier molecular flexibility index (Phi) is 6.06. The van der Waals surface area contributed by atoms with E-state index in [-0.39, 0.29) is 5.41 Å². The highest BCUT2D eigenvalue weighted by Crippen LogP contribution is 2.20. The van der Waals surface area contributed by atoms with E-state index < -0.39 is 0 Å². The number of rotatable bonds is 6. The number of hydrogen-bond donors (Lipinski definition) is 0. The van der Waals surface area contributed by atoms with E-state index >= 15 is 0 Å². The molecule has 0 fully saturated rings. The summed E-state index contributed by atoms with van der Waals surface area (Å²) < 4.78 is 0. The molecule has 0 aromatic carbocycles. The fraction of sp³-hybridized carbons (Fsp3) is 0.923. The van der Waals surface area contributed by atoms with E-state index in [0.717, 1.165) is 25.2 Å². The third-order valence-corrected chi connectivity index (χ3v) is 2.21. The smallest absolute Gasteiger partial charge is 0.133 e. The molecule has 0 heterocycles. The average Bonchev–Trinajstić information content (AvgIpc) is 1.94. The van der Waals surface area contributed by atoms with Crippen LogP contribution in [-0.2, 0) is 4.79 Å². The van der Waals surface area contributed by atoms with Crippen molar-refractivity contribution in [3.05, 3.63) is 0 Å². The van der Waals surface area contributed by atoms with E-state index in [1.54, 1.807) is 0 Å². The molecule has 0 radical (unpaired) electrons. The largest absolute Gasteiger partial charge is 0.300 e. The predicted molar refractivity (Wildman–Crippen MR) is 62.4 cm³/mol. The zero-order valence-electron chi connectivity index (χ0n) is 10.5. The molecule has 0 aliphatic heterocycles. The van der Waals surface area contributed by atoms with Crippen molar-refractivity contribution in [3.63, 3.8) is 0 Å². The van der Waals surface area contributed by atoms with Gasteiger partial charge in [-0.05, 0) is 17.8 Å². The second-order valence-electron chi connectivity index (χ2n) is 5.92. The van der Waals surface area contributed by atoms with Gasteiger partial charge in [-0.3, -0.25) is 4.79 Å². The zero-order chi connectivity index (χ0) is 11.2. The highest BCUT2D eigenvalue weighted by molar-refractivity contribution is 5.78. The van der Waals surface area contributed by atoms with Crippen molar-refractivity contribution in [2.45, 2.75) is 66.7 Å². The molecule has 0 aromatic heterocycles. The first-order valence-corrected chi connectivity index (χ1v) is 5.83. The highest BCUT2D eigenvalue weighted by Gasteiger charge is 2.15. The van der Waals surface area contributed by atoms with Gasteiger partial charge in [0, 0.05) is 12.8 Å². The summed E-state index contributed by atoms with van der Waals surface area (Å²) in [6.45, 7) is 10.8. The van der Waals surface area contributed by atoms with Crippen molar-refractivity contribution in [2.24, 2.45) is 11.3 Å². The van der Waals surface area contributed by atoms with Crippen LogP contribution in [-0.4, -0.2) is 5.78 Å². The number of Topliss-reactive ketones (excluding diaryl/α,β-unsaturated/α-hetero) is 1. The quantitative estimate of drug-likeness (QED) is 0.584. The molecule has 0 bridgehead atoms. The third-order valence-electron chi connectivity index (χ3n) is 2.21. The Balaban J connectivity index is 3.46. The van der Waals surface area contributed by atoms with E-state index in [1.807, 2.05) is 0 Å². The maximum atomic E-state index is 11.5. The first kappa shape index (κ1) is 13.7. The summed E-state index contributed by atoms with van der Waals surface area (Å²) in [5.74, 6) is 1.20. The summed E-state index contributed by atoms with van der Waals surface area (Å²) in [4.78, 5) is 11.5. The van der Waals surface area contributed by atoms with Crippen molar-refractivity contribution < 1.29 is 4.79 Å². The van der Waals surface area contributed by atoms with Crippen LogP contribution in [0.25, 0.3) is 0 Å². The number of carbonyl (C=O) groups is 1. The number of carbonyl (C=O) groups excluding carboxylic acids is 1. The van der Waals surface area contributed by atoms with Crippen molar-refractivity contribution in [1.29, 1.82) is 0 Å². The van der Waals surface area contributed by atoms with Gasteiger partial charge in [-0.2, -0.15) is 0 Å². The first-order chi connectivity index (χ1) is 6.31. The monoisotopic (exact) mass is 198 g/mol. The topological polar surface area (TPSA) is 17.1 Å². The van der Waals surface area contributed by atoms with Crippen LogP contribution >= 0.6 is 0 Å². The van der Waals surface area contributed by atoms with Gasteiger partial charge in [0.2, 0.25) is 0 Å². The van der Waals surface area contributed by atoms with E-state index in [9.17, 15) is 4.79 Å². The average molecular weight is 198 g/mol. The van der Waals surface area contributed by atoms with Crippen LogP contribution in [0.5, 0.6) is 0 Å². The Morgan fingerprint density at radius 3 is 2.14 bits per heavy atom. The van der Waals surface area contributed by atoms with Crippen LogP contribution in [0.15, 0.2) is 0 Å². The lowest BCUT2D eigenvalue weighted by Crippen LogP contribution is -2.12. The van der Waals surface area contributed by atoms with Gasteiger partial charge < -0.3 is 0 Å². The molecule has 0 aliphatic carbocycles. The van der Waals surface area contributed by atoms with Gasteiger partial charge in [-0.25, -0.2) is 0 Å². The SMILES string of the molecule is CC(C)CCCCC(=O)CC(C)(C)C. The van der Waals surface area contributed by atoms with Crippen molar-refractivity contribution >= 4 is 5.78 Å². The van der Waals surface area contributed by atoms with Gasteiger partial charge in [-0.1, -0.05) is 47.5 Å². The molecule has 0 saturated carbocycles. The molecular weight excluding hydrogens is 172 g/mol. The van der Waals surface area contributed by atoms with E-state index in [0.29, 0.717) is 5.78 Å². The van der Waals surface area contributed by atoms with Gasteiger partial charge in [0.1, 0.15) is 5.78 Å². The van der Waals surface area contributed by atoms with Crippen LogP contribution in [0, 0.1) is 11.3 Å². The minimum Gasteiger partial charge on any atom is -0.300 e. The summed E-state index contributed by atoms with van der Waals surface area (Å²) in [7, 11) is 0. The van der Waals surface area contributed by atoms with E-state index in [2.05, 4.69) is 34.6 Å². The molecule has 0 spiro atoms. The number of unbranched alkanes of at least 4 members (excludes halogenated alkanes) is 1. The molecule has 1 heteroatoms. The molecule has 0 amide bonds. The number of ketones is 1. The molecule has 14 heavy (non-hydrogen) atoms. The Hall–Kier alpha value is -0.330. The Bertz CT molecular complexity index is 163. The number of hydrogen-bond acceptors (Lipinski definition) is 1. The summed E-state index contributed by atoms with van der Waals surface area (Å²) >= 11 is 0. The molecule has 0 N–H and O–H groups in total. The highest BCUT2D eigenvalue weighted by atomic mass is 16.1. The summed E-state index contributed by atoms with van der Waals surface area (Å²) in [5.41, 5.74) is 0.162. The molecule has 1 nitrogen and oxygen atoms in total. The molecular formula is C13H26O. The maximum Gasteiger partial charge on any atom is 0.133 e. The lowest BCUT2D eigenvalue weighted by Gasteiger charge is -2.16. The normalized spacial score (nSPS) is 12.1. The lowest BCUT2D eigenvalue weighted by atomic mass is 9.88. The molecule has 0 saturated heterocycles. The zero-order valence-corrected chi connectivity index (χ0v) is 10.5. The summed E-state index contributed by atoms with van der Waals surface area (Å²) in [6, 6.07) is 0. The van der Waals surface area contributed by atoms with Gasteiger partial charge in [0.15, 0.2) is 0 Å². The molecule has 0 atom stereocenters. The van der Waals surface area contributed by atoms with Crippen molar-refractivity contribution in [2.75, 3.05) is 0 Å². The molecule has 0 aromatic rings. The molecule has 84 valence electrons. The van der Waals surface area contributed by atoms with Gasteiger partial charge in [0.05, 0.1) is 0 Å². The third kappa shape index (κ3) is 9.76. The minimum absolute atomic E-state index is 0.162. The summed E-state index contributed by atoms with van der Waals surface area (Å²) in [5, 5.41) is 0. The Morgan fingerprint density at radius 1 is 1.14 bits per heavy atom. The first-order valence-electron chi connectivity index (χ1n) is 5.83. The van der Waals surface area contributed by atoms with E-state index in [1.165, 1.54) is 12.8 Å². The Labute approximate surface area is 89.3 Å². The standard InChI is InChI=1S/C13H26O/c1-11(2)8-6-7-9-12(14)10-13(3,4)5/h11H,6-10H2,1-5H3. The van der Waals surface area contributed by atoms with Crippen LogP contribution in [0.2, 0.25) is 0 Å². The van der Waals surface area contributed by atoms with Crippen LogP contribution in [0.3, 0.4) is 0 Å². The van der Waals surface area contributed by atoms with Gasteiger partial charge >= 0.3 is 0 Å². The molecule has 0 rings (SSSR count). The van der Waals surface area contributed by atoms with Gasteiger partial charge in [-0.15, -0.1) is 0 Å². The van der Waals surface area contributed by atoms with Crippen molar-refractivity contribution in [3.8, 4) is 0 Å². The van der Waals surface area contributed by atoms with Gasteiger partial charge in [0.25, 0.3) is 0 Å². The fourth-order valence-corrected chi connectivity index (χ4v) is 1.55. The maximum absolute atomic E-state index is 11.5. The van der Waals surface area contributed by atoms with Crippen LogP contribution < -0.4 is 0 Å². The van der Waals surface area contributed by atoms with Crippen LogP contribution in [0.4, 0.5) is 0 Å².